The van der Waals surface area contributed by atoms with Crippen molar-refractivity contribution in [1.29, 1.82) is 0 Å². The summed E-state index contributed by atoms with van der Waals surface area (Å²) >= 11 is 0. The monoisotopic (exact) mass is 253 g/mol. The van der Waals surface area contributed by atoms with Crippen molar-refractivity contribution < 1.29 is 9.26 Å². The number of ether oxygens (including phenoxy) is 1. The van der Waals surface area contributed by atoms with Crippen LogP contribution in [0.15, 0.2) is 4.52 Å². The Kier molecular flexibility index (Phi) is 5.13. The second-order valence-corrected chi connectivity index (χ2v) is 4.93. The van der Waals surface area contributed by atoms with Crippen molar-refractivity contribution in [2.75, 3.05) is 19.7 Å². The Balaban J connectivity index is 1.71. The number of hydrogen-bond acceptors (Lipinski definition) is 5. The van der Waals surface area contributed by atoms with E-state index in [2.05, 4.69) is 29.3 Å². The summed E-state index contributed by atoms with van der Waals surface area (Å²) in [6, 6.07) is 0. The van der Waals surface area contributed by atoms with E-state index in [1.807, 2.05) is 0 Å². The van der Waals surface area contributed by atoms with Crippen LogP contribution in [0.25, 0.3) is 0 Å². The van der Waals surface area contributed by atoms with Crippen LogP contribution in [0.3, 0.4) is 0 Å². The summed E-state index contributed by atoms with van der Waals surface area (Å²) in [6.45, 7) is 7.03. The van der Waals surface area contributed by atoms with Crippen LogP contribution >= 0.6 is 0 Å². The molecule has 2 rings (SSSR count). The Morgan fingerprint density at radius 2 is 2.22 bits per heavy atom. The summed E-state index contributed by atoms with van der Waals surface area (Å²) in [5, 5.41) is 7.32. The summed E-state index contributed by atoms with van der Waals surface area (Å²) < 4.78 is 11.0. The summed E-state index contributed by atoms with van der Waals surface area (Å²) in [5.74, 6) is 1.88. The van der Waals surface area contributed by atoms with Gasteiger partial charge in [-0.05, 0) is 32.4 Å². The second-order valence-electron chi connectivity index (χ2n) is 4.93. The zero-order valence-electron chi connectivity index (χ0n) is 11.3. The van der Waals surface area contributed by atoms with Gasteiger partial charge in [0, 0.05) is 5.92 Å². The highest BCUT2D eigenvalue weighted by Crippen LogP contribution is 2.15. The molecule has 2 heterocycles. The first kappa shape index (κ1) is 13.5. The SMILES string of the molecule is CCC(C)c1noc(CCOC2CCNCC2)n1. The van der Waals surface area contributed by atoms with Crippen molar-refractivity contribution in [3.05, 3.63) is 11.7 Å². The lowest BCUT2D eigenvalue weighted by molar-refractivity contribution is 0.0322. The van der Waals surface area contributed by atoms with Gasteiger partial charge in [-0.2, -0.15) is 4.98 Å². The van der Waals surface area contributed by atoms with E-state index >= 15 is 0 Å². The van der Waals surface area contributed by atoms with E-state index in [1.165, 1.54) is 0 Å². The van der Waals surface area contributed by atoms with E-state index in [9.17, 15) is 0 Å². The molecule has 0 saturated carbocycles. The summed E-state index contributed by atoms with van der Waals surface area (Å²) in [6.07, 6.45) is 4.34. The van der Waals surface area contributed by atoms with Crippen molar-refractivity contribution in [2.24, 2.45) is 0 Å². The highest BCUT2D eigenvalue weighted by molar-refractivity contribution is 4.93. The lowest BCUT2D eigenvalue weighted by atomic mass is 10.1. The predicted octanol–water partition coefficient (Wildman–Crippen LogP) is 1.89. The molecule has 18 heavy (non-hydrogen) atoms. The number of hydrogen-bond donors (Lipinski definition) is 1. The molecular weight excluding hydrogens is 230 g/mol. The highest BCUT2D eigenvalue weighted by atomic mass is 16.5. The third-order valence-electron chi connectivity index (χ3n) is 3.49. The van der Waals surface area contributed by atoms with E-state index in [0.717, 1.165) is 38.2 Å². The largest absolute Gasteiger partial charge is 0.378 e. The van der Waals surface area contributed by atoms with E-state index in [-0.39, 0.29) is 0 Å². The molecule has 5 nitrogen and oxygen atoms in total. The third-order valence-corrected chi connectivity index (χ3v) is 3.49. The zero-order chi connectivity index (χ0) is 12.8. The molecular formula is C13H23N3O2. The van der Waals surface area contributed by atoms with Crippen molar-refractivity contribution >= 4 is 0 Å². The lowest BCUT2D eigenvalue weighted by Gasteiger charge is -2.22. The molecule has 1 aliphatic rings. The molecule has 5 heteroatoms. The van der Waals surface area contributed by atoms with Gasteiger partial charge >= 0.3 is 0 Å². The standard InChI is InChI=1S/C13H23N3O2/c1-3-10(2)13-15-12(18-16-13)6-9-17-11-4-7-14-8-5-11/h10-11,14H,3-9H2,1-2H3. The van der Waals surface area contributed by atoms with Crippen LogP contribution < -0.4 is 5.32 Å². The Morgan fingerprint density at radius 3 is 2.94 bits per heavy atom. The van der Waals surface area contributed by atoms with E-state index < -0.39 is 0 Å². The van der Waals surface area contributed by atoms with Crippen molar-refractivity contribution in [3.63, 3.8) is 0 Å². The van der Waals surface area contributed by atoms with Gasteiger partial charge in [-0.25, -0.2) is 0 Å². The zero-order valence-corrected chi connectivity index (χ0v) is 11.3. The van der Waals surface area contributed by atoms with Crippen molar-refractivity contribution in [3.8, 4) is 0 Å². The van der Waals surface area contributed by atoms with Crippen LogP contribution in [0.2, 0.25) is 0 Å². The average molecular weight is 253 g/mol. The summed E-state index contributed by atoms with van der Waals surface area (Å²) in [7, 11) is 0. The third kappa shape index (κ3) is 3.78. The number of piperidine rings is 1. The van der Waals surface area contributed by atoms with Crippen LogP contribution in [0.1, 0.15) is 50.7 Å². The average Bonchev–Trinajstić information content (AvgIpc) is 2.88. The fraction of sp³-hybridized carbons (Fsp3) is 0.846. The number of aromatic nitrogens is 2. The molecule has 1 aliphatic heterocycles. The first-order chi connectivity index (χ1) is 8.79. The summed E-state index contributed by atoms with van der Waals surface area (Å²) in [5.41, 5.74) is 0. The van der Waals surface area contributed by atoms with Gasteiger partial charge in [-0.3, -0.25) is 0 Å². The van der Waals surface area contributed by atoms with Crippen LogP contribution in [0.4, 0.5) is 0 Å². The van der Waals surface area contributed by atoms with Crippen LogP contribution in [0, 0.1) is 0 Å². The topological polar surface area (TPSA) is 60.2 Å². The van der Waals surface area contributed by atoms with Crippen molar-refractivity contribution in [2.45, 2.75) is 51.6 Å². The molecule has 0 radical (unpaired) electrons. The fourth-order valence-electron chi connectivity index (χ4n) is 2.03. The van der Waals surface area contributed by atoms with Crippen LogP contribution in [-0.2, 0) is 11.2 Å². The smallest absolute Gasteiger partial charge is 0.228 e. The maximum atomic E-state index is 5.82. The molecule has 0 bridgehead atoms. The molecule has 1 unspecified atom stereocenters. The second kappa shape index (κ2) is 6.85. The molecule has 1 fully saturated rings. The summed E-state index contributed by atoms with van der Waals surface area (Å²) in [4.78, 5) is 4.39. The molecule has 1 aromatic rings. The van der Waals surface area contributed by atoms with E-state index in [1.54, 1.807) is 0 Å². The van der Waals surface area contributed by atoms with Gasteiger partial charge in [-0.1, -0.05) is 19.0 Å². The first-order valence-corrected chi connectivity index (χ1v) is 6.94. The van der Waals surface area contributed by atoms with Gasteiger partial charge < -0.3 is 14.6 Å². The molecule has 0 aromatic carbocycles. The van der Waals surface area contributed by atoms with Crippen LogP contribution in [0.5, 0.6) is 0 Å². The van der Waals surface area contributed by atoms with Crippen molar-refractivity contribution in [1.82, 2.24) is 15.5 Å². The number of nitrogens with one attached hydrogen (secondary N) is 1. The minimum atomic E-state index is 0.368. The van der Waals surface area contributed by atoms with Gasteiger partial charge in [-0.15, -0.1) is 0 Å². The molecule has 0 spiro atoms. The first-order valence-electron chi connectivity index (χ1n) is 6.94. The molecule has 1 aromatic heterocycles. The lowest BCUT2D eigenvalue weighted by Crippen LogP contribution is -2.32. The van der Waals surface area contributed by atoms with Crippen LogP contribution in [-0.4, -0.2) is 35.9 Å². The fourth-order valence-corrected chi connectivity index (χ4v) is 2.03. The number of rotatable bonds is 6. The van der Waals surface area contributed by atoms with Gasteiger partial charge in [0.1, 0.15) is 0 Å². The van der Waals surface area contributed by atoms with Gasteiger partial charge in [0.25, 0.3) is 0 Å². The number of nitrogens with zero attached hydrogens (tertiary/aromatic N) is 2. The van der Waals surface area contributed by atoms with E-state index in [4.69, 9.17) is 9.26 Å². The molecule has 0 amide bonds. The Hall–Kier alpha value is -0.940. The van der Waals surface area contributed by atoms with Gasteiger partial charge in [0.15, 0.2) is 5.82 Å². The molecule has 1 N–H and O–H groups in total. The molecule has 1 saturated heterocycles. The Morgan fingerprint density at radius 1 is 1.44 bits per heavy atom. The van der Waals surface area contributed by atoms with E-state index in [0.29, 0.717) is 30.9 Å². The maximum Gasteiger partial charge on any atom is 0.228 e. The predicted molar refractivity (Wildman–Crippen MR) is 68.6 cm³/mol. The Bertz CT molecular complexity index is 348. The molecule has 1 atom stereocenters. The maximum absolute atomic E-state index is 5.82. The molecule has 102 valence electrons. The minimum absolute atomic E-state index is 0.368. The Labute approximate surface area is 108 Å². The quantitative estimate of drug-likeness (QED) is 0.839. The van der Waals surface area contributed by atoms with Gasteiger partial charge in [0.05, 0.1) is 19.1 Å². The normalized spacial score (nSPS) is 19.0. The highest BCUT2D eigenvalue weighted by Gasteiger charge is 2.15. The minimum Gasteiger partial charge on any atom is -0.378 e. The molecule has 0 aliphatic carbocycles. The van der Waals surface area contributed by atoms with Gasteiger partial charge in [0.2, 0.25) is 5.89 Å².